The van der Waals surface area contributed by atoms with E-state index in [-0.39, 0.29) is 34.6 Å². The number of hydrogen-bond acceptors (Lipinski definition) is 9. The van der Waals surface area contributed by atoms with Crippen molar-refractivity contribution in [2.45, 2.75) is 25.0 Å². The van der Waals surface area contributed by atoms with Crippen molar-refractivity contribution in [3.8, 4) is 11.5 Å². The van der Waals surface area contributed by atoms with Gasteiger partial charge in [-0.15, -0.1) is 0 Å². The number of hydrogen-bond donors (Lipinski definition) is 3. The van der Waals surface area contributed by atoms with Crippen LogP contribution in [0.15, 0.2) is 42.5 Å². The van der Waals surface area contributed by atoms with Crippen LogP contribution >= 0.6 is 11.5 Å². The molecule has 1 aromatic heterocycles. The van der Waals surface area contributed by atoms with Gasteiger partial charge in [0, 0.05) is 18.8 Å². The zero-order valence-electron chi connectivity index (χ0n) is 21.3. The maximum atomic E-state index is 14.4. The van der Waals surface area contributed by atoms with Crippen LogP contribution in [0.4, 0.5) is 15.8 Å². The predicted molar refractivity (Wildman–Crippen MR) is 143 cm³/mol. The Morgan fingerprint density at radius 2 is 1.97 bits per heavy atom. The third kappa shape index (κ3) is 5.94. The molecule has 0 unspecified atom stereocenters. The number of nitrogens with one attached hydrogen (secondary N) is 1. The van der Waals surface area contributed by atoms with Crippen molar-refractivity contribution in [3.63, 3.8) is 0 Å². The van der Waals surface area contributed by atoms with Crippen LogP contribution in [0.25, 0.3) is 0 Å². The molecule has 0 bridgehead atoms. The quantitative estimate of drug-likeness (QED) is 0.343. The first-order valence-electron chi connectivity index (χ1n) is 12.0. The van der Waals surface area contributed by atoms with Gasteiger partial charge in [-0.05, 0) is 60.3 Å². The lowest BCUT2D eigenvalue weighted by atomic mass is 10.0. The molecule has 2 aromatic carbocycles. The molecule has 0 aliphatic carbocycles. The van der Waals surface area contributed by atoms with Crippen LogP contribution in [0.3, 0.4) is 0 Å². The third-order valence-electron chi connectivity index (χ3n) is 6.22. The van der Waals surface area contributed by atoms with Gasteiger partial charge in [0.05, 0.1) is 26.0 Å². The third-order valence-corrected chi connectivity index (χ3v) is 7.07. The number of methoxy groups -OCH3 is 2. The molecule has 0 saturated carbocycles. The van der Waals surface area contributed by atoms with E-state index in [0.717, 1.165) is 23.8 Å². The van der Waals surface area contributed by atoms with Gasteiger partial charge in [-0.2, -0.15) is 4.37 Å². The number of benzene rings is 2. The van der Waals surface area contributed by atoms with Crippen molar-refractivity contribution in [2.24, 2.45) is 5.73 Å². The number of rotatable bonds is 10. The molecule has 13 heteroatoms. The summed E-state index contributed by atoms with van der Waals surface area (Å²) in [4.78, 5) is 40.6. The lowest BCUT2D eigenvalue weighted by Gasteiger charge is -2.32. The summed E-state index contributed by atoms with van der Waals surface area (Å²) in [5.74, 6) is -2.17. The van der Waals surface area contributed by atoms with Gasteiger partial charge in [0.15, 0.2) is 17.2 Å². The normalized spacial score (nSPS) is 15.4. The molecule has 11 nitrogen and oxygen atoms in total. The highest BCUT2D eigenvalue weighted by molar-refractivity contribution is 7.09. The zero-order chi connectivity index (χ0) is 28.1. The molecule has 1 saturated heterocycles. The molecule has 0 spiro atoms. The van der Waals surface area contributed by atoms with Crippen LogP contribution in [0.2, 0.25) is 0 Å². The van der Waals surface area contributed by atoms with E-state index in [1.807, 2.05) is 0 Å². The van der Waals surface area contributed by atoms with E-state index in [2.05, 4.69) is 9.69 Å². The number of anilines is 2. The Bertz CT molecular complexity index is 1380. The fraction of sp³-hybridized carbons (Fsp3) is 0.308. The predicted octanol–water partition coefficient (Wildman–Crippen LogP) is 2.66. The molecule has 3 aromatic rings. The highest BCUT2D eigenvalue weighted by Gasteiger charge is 2.37. The lowest BCUT2D eigenvalue weighted by Crippen LogP contribution is -2.45. The van der Waals surface area contributed by atoms with E-state index in [1.165, 1.54) is 32.4 Å². The second kappa shape index (κ2) is 12.1. The molecular formula is C26H28FN5O6S. The first kappa shape index (κ1) is 27.8. The minimum absolute atomic E-state index is 0.0699. The van der Waals surface area contributed by atoms with Crippen LogP contribution in [0.5, 0.6) is 11.5 Å². The molecule has 1 aliphatic rings. The first-order chi connectivity index (χ1) is 18.7. The second-order valence-electron chi connectivity index (χ2n) is 8.69. The van der Waals surface area contributed by atoms with Crippen molar-refractivity contribution in [1.29, 1.82) is 0 Å². The maximum Gasteiger partial charge on any atom is 0.273 e. The Hall–Kier alpha value is -4.23. The van der Waals surface area contributed by atoms with Crippen LogP contribution in [-0.2, 0) is 9.53 Å². The van der Waals surface area contributed by atoms with E-state index in [9.17, 15) is 18.8 Å². The number of amides is 3. The average Bonchev–Trinajstić information content (AvgIpc) is 3.59. The van der Waals surface area contributed by atoms with E-state index >= 15 is 0 Å². The number of aromatic nitrogens is 1. The van der Waals surface area contributed by atoms with E-state index in [4.69, 9.17) is 25.7 Å². The summed E-state index contributed by atoms with van der Waals surface area (Å²) in [6.07, 6.45) is 1.48. The fourth-order valence-electron chi connectivity index (χ4n) is 4.31. The molecule has 2 heterocycles. The van der Waals surface area contributed by atoms with E-state index < -0.39 is 29.6 Å². The molecule has 3 amide bonds. The highest BCUT2D eigenvalue weighted by Crippen LogP contribution is 2.37. The number of halogens is 1. The van der Waals surface area contributed by atoms with Crippen molar-refractivity contribution in [1.82, 2.24) is 9.69 Å². The van der Waals surface area contributed by atoms with E-state index in [1.54, 1.807) is 18.2 Å². The van der Waals surface area contributed by atoms with Gasteiger partial charge in [-0.3, -0.25) is 19.3 Å². The molecule has 0 radical (unpaired) electrons. The topological polar surface area (TPSA) is 159 Å². The monoisotopic (exact) mass is 557 g/mol. The standard InChI is InChI=1S/C26H28FN5O6S/c1-36-18-9-8-14(11-19(18)37-2)22(25(34)30-13-17-7-4-10-38-17)32(16-6-3-5-15(27)12-16)26(35)23-20(28)21(24(29)33)31-39-23/h3,5-6,8-9,11-12,17,22H,4,7,10,13,28H2,1-2H3,(H2,29,33)(H,30,34)/t17-,22-/m1/s1. The van der Waals surface area contributed by atoms with Gasteiger partial charge in [-0.1, -0.05) is 12.1 Å². The Morgan fingerprint density at radius 1 is 1.21 bits per heavy atom. The van der Waals surface area contributed by atoms with Gasteiger partial charge >= 0.3 is 0 Å². The van der Waals surface area contributed by atoms with Crippen LogP contribution < -0.4 is 31.2 Å². The molecular weight excluding hydrogens is 529 g/mol. The minimum Gasteiger partial charge on any atom is -0.493 e. The van der Waals surface area contributed by atoms with Gasteiger partial charge < -0.3 is 31.0 Å². The second-order valence-corrected chi connectivity index (χ2v) is 9.46. The largest absolute Gasteiger partial charge is 0.493 e. The number of carbonyl (C=O) groups is 3. The average molecular weight is 558 g/mol. The molecule has 206 valence electrons. The Labute approximate surface area is 228 Å². The van der Waals surface area contributed by atoms with Crippen LogP contribution in [-0.4, -0.2) is 55.6 Å². The van der Waals surface area contributed by atoms with Gasteiger partial charge in [0.2, 0.25) is 5.91 Å². The van der Waals surface area contributed by atoms with Crippen LogP contribution in [0.1, 0.15) is 44.6 Å². The highest BCUT2D eigenvalue weighted by atomic mass is 32.1. The number of primary amides is 1. The minimum atomic E-state index is -1.32. The van der Waals surface area contributed by atoms with Crippen molar-refractivity contribution in [2.75, 3.05) is 38.0 Å². The van der Waals surface area contributed by atoms with Crippen molar-refractivity contribution in [3.05, 3.63) is 64.4 Å². The first-order valence-corrected chi connectivity index (χ1v) is 12.8. The molecule has 1 aliphatic heterocycles. The number of nitrogen functional groups attached to an aromatic ring is 1. The summed E-state index contributed by atoms with van der Waals surface area (Å²) in [6.45, 7) is 0.808. The fourth-order valence-corrected chi connectivity index (χ4v) is 5.05. The zero-order valence-corrected chi connectivity index (χ0v) is 22.1. The summed E-state index contributed by atoms with van der Waals surface area (Å²) in [5, 5.41) is 2.86. The van der Waals surface area contributed by atoms with Crippen molar-refractivity contribution >= 4 is 40.6 Å². The summed E-state index contributed by atoms with van der Waals surface area (Å²) in [7, 11) is 2.90. The summed E-state index contributed by atoms with van der Waals surface area (Å²) >= 11 is 0.654. The van der Waals surface area contributed by atoms with Crippen LogP contribution in [0, 0.1) is 5.82 Å². The molecule has 5 N–H and O–H groups in total. The van der Waals surface area contributed by atoms with Crippen molar-refractivity contribution < 1.29 is 33.0 Å². The molecule has 39 heavy (non-hydrogen) atoms. The lowest BCUT2D eigenvalue weighted by molar-refractivity contribution is -0.123. The maximum absolute atomic E-state index is 14.4. The summed E-state index contributed by atoms with van der Waals surface area (Å²) < 4.78 is 34.7. The van der Waals surface area contributed by atoms with Gasteiger partial charge in [0.1, 0.15) is 16.7 Å². The van der Waals surface area contributed by atoms with Gasteiger partial charge in [0.25, 0.3) is 11.8 Å². The number of carbonyl (C=O) groups excluding carboxylic acids is 3. The van der Waals surface area contributed by atoms with Gasteiger partial charge in [-0.25, -0.2) is 4.39 Å². The van der Waals surface area contributed by atoms with E-state index in [0.29, 0.717) is 35.2 Å². The Kier molecular flexibility index (Phi) is 8.62. The molecule has 4 rings (SSSR count). The number of nitrogens with two attached hydrogens (primary N) is 2. The smallest absolute Gasteiger partial charge is 0.273 e. The summed E-state index contributed by atoms with van der Waals surface area (Å²) in [5.41, 5.74) is 11.3. The molecule has 2 atom stereocenters. The number of ether oxygens (including phenoxy) is 3. The summed E-state index contributed by atoms with van der Waals surface area (Å²) in [6, 6.07) is 8.64. The SMILES string of the molecule is COc1ccc([C@H](C(=O)NC[C@H]2CCCO2)N(C(=O)c2snc(C(N)=O)c2N)c2cccc(F)c2)cc1OC. The number of nitrogens with zero attached hydrogens (tertiary/aromatic N) is 2. The molecule has 1 fully saturated rings. The Morgan fingerprint density at radius 3 is 2.59 bits per heavy atom. The Balaban J connectivity index is 1.86.